The summed E-state index contributed by atoms with van der Waals surface area (Å²) in [5.41, 5.74) is 10.6. The second-order valence-electron chi connectivity index (χ2n) is 2.89. The largest absolute Gasteiger partial charge is 0.450 e. The molecule has 0 radical (unpaired) electrons. The molecule has 88 valence electrons. The first-order valence-electron chi connectivity index (χ1n) is 4.44. The molecule has 0 aliphatic carbocycles. The van der Waals surface area contributed by atoms with Crippen molar-refractivity contribution in [2.75, 3.05) is 23.4 Å². The van der Waals surface area contributed by atoms with Gasteiger partial charge in [0.15, 0.2) is 5.82 Å². The molecule has 1 rings (SSSR count). The number of hydrogen-bond donors (Lipinski definition) is 3. The first kappa shape index (κ1) is 12.4. The number of nitrogens with two attached hydrogens (primary N) is 2. The number of amides is 1. The van der Waals surface area contributed by atoms with Gasteiger partial charge in [-0.05, 0) is 13.0 Å². The first-order valence-corrected chi connectivity index (χ1v) is 4.81. The zero-order chi connectivity index (χ0) is 12.3. The average Bonchev–Trinajstić information content (AvgIpc) is 2.22. The predicted molar refractivity (Wildman–Crippen MR) is 60.9 cm³/mol. The molecule has 0 spiro atoms. The fourth-order valence-electron chi connectivity index (χ4n) is 1.05. The van der Waals surface area contributed by atoms with Crippen LogP contribution in [0.4, 0.5) is 26.2 Å². The maximum atomic E-state index is 13.4. The van der Waals surface area contributed by atoms with Crippen molar-refractivity contribution in [3.63, 3.8) is 0 Å². The van der Waals surface area contributed by atoms with Crippen LogP contribution < -0.4 is 16.8 Å². The summed E-state index contributed by atoms with van der Waals surface area (Å²) in [5.74, 6) is -0.773. The Labute approximate surface area is 96.5 Å². The van der Waals surface area contributed by atoms with E-state index in [1.807, 2.05) is 0 Å². The Bertz CT molecular complexity index is 426. The van der Waals surface area contributed by atoms with Crippen LogP contribution in [0.1, 0.15) is 6.92 Å². The maximum absolute atomic E-state index is 13.4. The van der Waals surface area contributed by atoms with E-state index in [4.69, 9.17) is 23.1 Å². The normalized spacial score (nSPS) is 9.94. The zero-order valence-electron chi connectivity index (χ0n) is 8.51. The molecule has 0 saturated heterocycles. The molecular weight excluding hydrogens is 237 g/mol. The van der Waals surface area contributed by atoms with E-state index in [2.05, 4.69) is 10.1 Å². The highest BCUT2D eigenvalue weighted by atomic mass is 35.5. The van der Waals surface area contributed by atoms with Crippen molar-refractivity contribution < 1.29 is 13.9 Å². The monoisotopic (exact) mass is 247 g/mol. The fourth-order valence-corrected chi connectivity index (χ4v) is 1.25. The number of halogens is 2. The summed E-state index contributed by atoms with van der Waals surface area (Å²) in [5, 5.41) is 2.14. The van der Waals surface area contributed by atoms with Crippen molar-refractivity contribution in [1.82, 2.24) is 0 Å². The van der Waals surface area contributed by atoms with E-state index in [9.17, 15) is 9.18 Å². The molecule has 16 heavy (non-hydrogen) atoms. The lowest BCUT2D eigenvalue weighted by molar-refractivity contribution is 0.168. The topological polar surface area (TPSA) is 90.4 Å². The lowest BCUT2D eigenvalue weighted by Crippen LogP contribution is -2.16. The molecule has 0 aliphatic rings. The van der Waals surface area contributed by atoms with E-state index in [-0.39, 0.29) is 28.7 Å². The summed E-state index contributed by atoms with van der Waals surface area (Å²) in [4.78, 5) is 11.1. The van der Waals surface area contributed by atoms with E-state index in [0.717, 1.165) is 6.07 Å². The minimum absolute atomic E-state index is 0.00913. The first-order chi connectivity index (χ1) is 7.47. The SMILES string of the molecule is CCOC(=O)Nc1c(F)cc(Cl)c(N)c1N. The maximum Gasteiger partial charge on any atom is 0.411 e. The van der Waals surface area contributed by atoms with Crippen LogP contribution in [0.2, 0.25) is 5.02 Å². The highest BCUT2D eigenvalue weighted by molar-refractivity contribution is 6.34. The van der Waals surface area contributed by atoms with E-state index >= 15 is 0 Å². The van der Waals surface area contributed by atoms with Crippen LogP contribution in [0.3, 0.4) is 0 Å². The number of rotatable bonds is 2. The number of anilines is 3. The van der Waals surface area contributed by atoms with Gasteiger partial charge in [0.2, 0.25) is 0 Å². The Hall–Kier alpha value is -1.69. The molecule has 7 heteroatoms. The molecule has 5 nitrogen and oxygen atoms in total. The van der Waals surface area contributed by atoms with Crippen molar-refractivity contribution in [3.8, 4) is 0 Å². The van der Waals surface area contributed by atoms with Gasteiger partial charge in [0.1, 0.15) is 5.69 Å². The predicted octanol–water partition coefficient (Wildman–Crippen LogP) is 2.21. The van der Waals surface area contributed by atoms with Gasteiger partial charge in [-0.2, -0.15) is 0 Å². The quantitative estimate of drug-likeness (QED) is 0.699. The third kappa shape index (κ3) is 2.46. The second-order valence-corrected chi connectivity index (χ2v) is 3.30. The van der Waals surface area contributed by atoms with Crippen LogP contribution >= 0.6 is 11.6 Å². The standard InChI is InChI=1S/C9H11ClFN3O2/c1-2-16-9(15)14-8-5(11)3-4(10)6(12)7(8)13/h3H,2,12-13H2,1H3,(H,14,15). The van der Waals surface area contributed by atoms with Crippen molar-refractivity contribution in [1.29, 1.82) is 0 Å². The van der Waals surface area contributed by atoms with Crippen LogP contribution in [0.15, 0.2) is 6.07 Å². The molecule has 1 aromatic rings. The highest BCUT2D eigenvalue weighted by Gasteiger charge is 2.15. The van der Waals surface area contributed by atoms with Crippen molar-refractivity contribution >= 4 is 34.8 Å². The number of carbonyl (C=O) groups excluding carboxylic acids is 1. The minimum Gasteiger partial charge on any atom is -0.450 e. The lowest BCUT2D eigenvalue weighted by Gasteiger charge is -2.12. The number of benzene rings is 1. The molecule has 0 atom stereocenters. The van der Waals surface area contributed by atoms with E-state index in [1.165, 1.54) is 0 Å². The average molecular weight is 248 g/mol. The molecule has 1 aromatic carbocycles. The van der Waals surface area contributed by atoms with E-state index in [0.29, 0.717) is 0 Å². The van der Waals surface area contributed by atoms with Crippen molar-refractivity contribution in [2.24, 2.45) is 0 Å². The van der Waals surface area contributed by atoms with Crippen LogP contribution in [0, 0.1) is 5.82 Å². The molecule has 5 N–H and O–H groups in total. The van der Waals surface area contributed by atoms with Crippen molar-refractivity contribution in [2.45, 2.75) is 6.92 Å². The zero-order valence-corrected chi connectivity index (χ0v) is 9.27. The molecule has 0 heterocycles. The number of ether oxygens (including phenoxy) is 1. The molecule has 0 aliphatic heterocycles. The van der Waals surface area contributed by atoms with Gasteiger partial charge in [0, 0.05) is 0 Å². The fraction of sp³-hybridized carbons (Fsp3) is 0.222. The smallest absolute Gasteiger partial charge is 0.411 e. The molecule has 0 bridgehead atoms. The molecule has 0 fully saturated rings. The van der Waals surface area contributed by atoms with E-state index < -0.39 is 11.9 Å². The molecule has 0 unspecified atom stereocenters. The van der Waals surface area contributed by atoms with Gasteiger partial charge in [-0.15, -0.1) is 0 Å². The number of nitrogens with one attached hydrogen (secondary N) is 1. The lowest BCUT2D eigenvalue weighted by atomic mass is 10.2. The summed E-state index contributed by atoms with van der Waals surface area (Å²) in [6.07, 6.45) is -0.810. The summed E-state index contributed by atoms with van der Waals surface area (Å²) in [6, 6.07) is 0.967. The van der Waals surface area contributed by atoms with Gasteiger partial charge in [0.25, 0.3) is 0 Å². The molecule has 0 saturated carbocycles. The Morgan fingerprint density at radius 3 is 2.75 bits per heavy atom. The Balaban J connectivity index is 3.05. The second kappa shape index (κ2) is 4.89. The van der Waals surface area contributed by atoms with Gasteiger partial charge in [-0.1, -0.05) is 11.6 Å². The summed E-state index contributed by atoms with van der Waals surface area (Å²) < 4.78 is 18.0. The Morgan fingerprint density at radius 2 is 2.19 bits per heavy atom. The Morgan fingerprint density at radius 1 is 1.56 bits per heavy atom. The number of hydrogen-bond acceptors (Lipinski definition) is 4. The highest BCUT2D eigenvalue weighted by Crippen LogP contribution is 2.34. The van der Waals surface area contributed by atoms with Crippen LogP contribution in [0.5, 0.6) is 0 Å². The van der Waals surface area contributed by atoms with Crippen LogP contribution in [-0.4, -0.2) is 12.7 Å². The van der Waals surface area contributed by atoms with Gasteiger partial charge in [0.05, 0.1) is 23.0 Å². The van der Waals surface area contributed by atoms with Crippen LogP contribution in [-0.2, 0) is 4.74 Å². The minimum atomic E-state index is -0.810. The summed E-state index contributed by atoms with van der Waals surface area (Å²) in [6.45, 7) is 1.78. The number of carbonyl (C=O) groups is 1. The van der Waals surface area contributed by atoms with Crippen molar-refractivity contribution in [3.05, 3.63) is 16.9 Å². The third-order valence-corrected chi connectivity index (χ3v) is 2.12. The molecule has 0 aromatic heterocycles. The van der Waals surface area contributed by atoms with Gasteiger partial charge >= 0.3 is 6.09 Å². The van der Waals surface area contributed by atoms with Crippen LogP contribution in [0.25, 0.3) is 0 Å². The Kier molecular flexibility index (Phi) is 3.78. The molecular formula is C9H11ClFN3O2. The number of nitrogen functional groups attached to an aromatic ring is 2. The van der Waals surface area contributed by atoms with Gasteiger partial charge in [-0.3, -0.25) is 5.32 Å². The summed E-state index contributed by atoms with van der Waals surface area (Å²) in [7, 11) is 0. The summed E-state index contributed by atoms with van der Waals surface area (Å²) >= 11 is 5.60. The van der Waals surface area contributed by atoms with Gasteiger partial charge < -0.3 is 16.2 Å². The van der Waals surface area contributed by atoms with E-state index in [1.54, 1.807) is 6.92 Å². The van der Waals surface area contributed by atoms with Gasteiger partial charge in [-0.25, -0.2) is 9.18 Å². The molecule has 1 amide bonds. The third-order valence-electron chi connectivity index (χ3n) is 1.81.